The van der Waals surface area contributed by atoms with Crippen LogP contribution in [0, 0.1) is 29.1 Å². The summed E-state index contributed by atoms with van der Waals surface area (Å²) < 4.78 is 47.0. The van der Waals surface area contributed by atoms with Crippen LogP contribution in [0.15, 0.2) is 29.6 Å². The lowest BCUT2D eigenvalue weighted by molar-refractivity contribution is -0.169. The average molecular weight is 938 g/mol. The van der Waals surface area contributed by atoms with Crippen molar-refractivity contribution in [2.24, 2.45) is 23.5 Å². The van der Waals surface area contributed by atoms with Crippen molar-refractivity contribution >= 4 is 62.9 Å². The van der Waals surface area contributed by atoms with E-state index in [1.807, 2.05) is 53.7 Å². The first-order chi connectivity index (χ1) is 30.2. The van der Waals surface area contributed by atoms with E-state index in [1.54, 1.807) is 23.6 Å². The van der Waals surface area contributed by atoms with Crippen molar-refractivity contribution in [1.82, 2.24) is 25.3 Å². The van der Waals surface area contributed by atoms with Crippen molar-refractivity contribution < 1.29 is 56.6 Å². The quantitative estimate of drug-likeness (QED) is 0.0966. The summed E-state index contributed by atoms with van der Waals surface area (Å²) in [4.78, 5) is 98.6. The second-order valence-electron chi connectivity index (χ2n) is 17.7. The molecule has 0 aliphatic heterocycles. The molecule has 1 aromatic carbocycles. The number of nitrogens with zero attached hydrogens (tertiary/aromatic N) is 4. The summed E-state index contributed by atoms with van der Waals surface area (Å²) in [6.07, 6.45) is -9.11. The van der Waals surface area contributed by atoms with Gasteiger partial charge < -0.3 is 40.9 Å². The van der Waals surface area contributed by atoms with Crippen LogP contribution in [0.2, 0.25) is 0 Å². The van der Waals surface area contributed by atoms with Crippen molar-refractivity contribution in [3.8, 4) is 6.07 Å². The fraction of sp³-hybridized carbons (Fsp3) is 0.644. The molecular weight excluding hydrogens is 872 g/mol. The number of rotatable bonds is 25. The molecule has 0 spiro atoms. The zero-order chi connectivity index (χ0) is 49.5. The monoisotopic (exact) mass is 937 g/mol. The Hall–Kier alpha value is -5.29. The standard InChI is InChI=1S/C45H66F3N7O9S/c1-25(2)20-31(50)40(58)54(9)34(22-27(5)6)38(56)52-33(21-26(3)4)42(60)55(10)35(23-29-24-65-37-16-12-11-14-30(29)37)39(57)51-32(17-18-45(46,47)48)41(59)53(8)28(7)44(63)64-36(43(61)62)15-13-19-49/h11-12,14,16,24-28,31-36H,13,15,17-18,20-23,50H2,1-10H3,(H,51,57)(H,52,56)(H,61,62)/t28-,31-,32-,33-,34-,35-,36+/m0/s1. The van der Waals surface area contributed by atoms with E-state index in [2.05, 4.69) is 10.6 Å². The van der Waals surface area contributed by atoms with Crippen molar-refractivity contribution in [3.63, 3.8) is 0 Å². The molecule has 0 radical (unpaired) electrons. The number of nitrogens with two attached hydrogens (primary N) is 1. The highest BCUT2D eigenvalue weighted by Crippen LogP contribution is 2.29. The van der Waals surface area contributed by atoms with Crippen LogP contribution in [0.5, 0.6) is 0 Å². The van der Waals surface area contributed by atoms with Crippen molar-refractivity contribution in [2.45, 2.75) is 148 Å². The Morgan fingerprint density at radius 3 is 1.88 bits per heavy atom. The van der Waals surface area contributed by atoms with Crippen LogP contribution in [0.3, 0.4) is 0 Å². The first kappa shape index (κ1) is 55.8. The average Bonchev–Trinajstić information content (AvgIpc) is 3.64. The van der Waals surface area contributed by atoms with Crippen LogP contribution in [0.1, 0.15) is 99.0 Å². The van der Waals surface area contributed by atoms with Crippen molar-refractivity contribution in [3.05, 3.63) is 35.2 Å². The zero-order valence-electron chi connectivity index (χ0n) is 38.9. The Morgan fingerprint density at radius 1 is 0.785 bits per heavy atom. The molecule has 0 unspecified atom stereocenters. The number of carboxylic acids is 1. The minimum atomic E-state index is -4.78. The van der Waals surface area contributed by atoms with Crippen LogP contribution >= 0.6 is 11.3 Å². The summed E-state index contributed by atoms with van der Waals surface area (Å²) in [6.45, 7) is 12.4. The molecule has 20 heteroatoms. The molecule has 5 N–H and O–H groups in total. The molecule has 65 heavy (non-hydrogen) atoms. The Bertz CT molecular complexity index is 2000. The number of carbonyl (C=O) groups is 7. The van der Waals surface area contributed by atoms with E-state index in [1.165, 1.54) is 30.3 Å². The number of fused-ring (bicyclic) bond motifs is 1. The number of hydrogen-bond acceptors (Lipinski definition) is 11. The second-order valence-corrected chi connectivity index (χ2v) is 18.7. The van der Waals surface area contributed by atoms with Gasteiger partial charge in [-0.3, -0.25) is 24.0 Å². The summed E-state index contributed by atoms with van der Waals surface area (Å²) in [6, 6.07) is 0.932. The Morgan fingerprint density at radius 2 is 1.32 bits per heavy atom. The molecule has 0 aliphatic rings. The maximum Gasteiger partial charge on any atom is 0.389 e. The minimum Gasteiger partial charge on any atom is -0.479 e. The number of alkyl halides is 3. The van der Waals surface area contributed by atoms with Crippen molar-refractivity contribution in [2.75, 3.05) is 21.1 Å². The number of likely N-dealkylation sites (N-methyl/N-ethyl adjacent to an activating group) is 3. The number of ether oxygens (including phenoxy) is 1. The van der Waals surface area contributed by atoms with E-state index in [9.17, 15) is 51.8 Å². The van der Waals surface area contributed by atoms with Crippen LogP contribution < -0.4 is 16.4 Å². The van der Waals surface area contributed by atoms with Gasteiger partial charge in [0.05, 0.1) is 12.1 Å². The van der Waals surface area contributed by atoms with Gasteiger partial charge in [0.2, 0.25) is 29.5 Å². The predicted octanol–water partition coefficient (Wildman–Crippen LogP) is 5.02. The highest BCUT2D eigenvalue weighted by Gasteiger charge is 2.40. The van der Waals surface area contributed by atoms with E-state index in [0.717, 1.165) is 33.9 Å². The molecule has 5 amide bonds. The van der Waals surface area contributed by atoms with Crippen LogP contribution in [-0.4, -0.2) is 131 Å². The normalized spacial score (nSPS) is 15.0. The molecule has 0 fully saturated rings. The number of esters is 1. The van der Waals surface area contributed by atoms with E-state index < -0.39 is 103 Å². The number of aliphatic carboxylic acids is 1. The first-order valence-corrected chi connectivity index (χ1v) is 22.6. The SMILES string of the molecule is CC(C)C[C@H](NC(=O)[C@H](CC(C)C)N(C)C(=O)[C@@H](N)CC(C)C)C(=O)N(C)[C@@H](Cc1csc2ccccc12)C(=O)N[C@@H](CCC(F)(F)F)C(=O)N(C)[C@@H](C)C(=O)O[C@H](CCC#N)C(=O)O. The first-order valence-electron chi connectivity index (χ1n) is 21.7. The molecule has 1 aromatic heterocycles. The molecule has 0 aliphatic carbocycles. The van der Waals surface area contributed by atoms with E-state index >= 15 is 0 Å². The van der Waals surface area contributed by atoms with Crippen LogP contribution in [0.4, 0.5) is 13.2 Å². The molecular formula is C45H66F3N7O9S. The van der Waals surface area contributed by atoms with E-state index in [-0.39, 0.29) is 49.9 Å². The third kappa shape index (κ3) is 17.2. The van der Waals surface area contributed by atoms with Gasteiger partial charge >= 0.3 is 18.1 Å². The predicted molar refractivity (Wildman–Crippen MR) is 239 cm³/mol. The lowest BCUT2D eigenvalue weighted by Gasteiger charge is -2.35. The number of carboxylic acid groups (broad SMARTS) is 1. The van der Waals surface area contributed by atoms with Gasteiger partial charge in [0.1, 0.15) is 30.2 Å². The van der Waals surface area contributed by atoms with Crippen LogP contribution in [-0.2, 0) is 44.7 Å². The van der Waals surface area contributed by atoms with Gasteiger partial charge in [-0.05, 0) is 72.8 Å². The van der Waals surface area contributed by atoms with Gasteiger partial charge in [0.15, 0.2) is 6.10 Å². The molecule has 1 heterocycles. The lowest BCUT2D eigenvalue weighted by Crippen LogP contribution is -2.60. The van der Waals surface area contributed by atoms with Gasteiger partial charge in [-0.1, -0.05) is 59.7 Å². The molecule has 362 valence electrons. The summed E-state index contributed by atoms with van der Waals surface area (Å²) in [5.41, 5.74) is 6.84. The molecule has 0 saturated heterocycles. The number of nitrogens with one attached hydrogen (secondary N) is 2. The zero-order valence-corrected chi connectivity index (χ0v) is 39.8. The molecule has 0 bridgehead atoms. The molecule has 2 aromatic rings. The number of hydrogen-bond donors (Lipinski definition) is 4. The third-order valence-corrected chi connectivity index (χ3v) is 11.9. The smallest absolute Gasteiger partial charge is 0.389 e. The number of halogens is 3. The maximum atomic E-state index is 14.7. The van der Waals surface area contributed by atoms with E-state index in [0.29, 0.717) is 12.0 Å². The van der Waals surface area contributed by atoms with Crippen LogP contribution in [0.25, 0.3) is 10.1 Å². The largest absolute Gasteiger partial charge is 0.479 e. The molecule has 0 saturated carbocycles. The Balaban J connectivity index is 2.61. The molecule has 7 atom stereocenters. The third-order valence-electron chi connectivity index (χ3n) is 10.9. The minimum absolute atomic E-state index is 0.0606. The highest BCUT2D eigenvalue weighted by atomic mass is 32.1. The number of thiophene rings is 1. The van der Waals surface area contributed by atoms with Gasteiger partial charge in [-0.25, -0.2) is 9.59 Å². The van der Waals surface area contributed by atoms with Gasteiger partial charge in [0, 0.05) is 51.5 Å². The summed E-state index contributed by atoms with van der Waals surface area (Å²) in [5, 5.41) is 26.1. The number of nitriles is 1. The lowest BCUT2D eigenvalue weighted by atomic mass is 9.97. The van der Waals surface area contributed by atoms with Gasteiger partial charge in [0.25, 0.3) is 0 Å². The van der Waals surface area contributed by atoms with Crippen molar-refractivity contribution in [1.29, 1.82) is 5.26 Å². The summed E-state index contributed by atoms with van der Waals surface area (Å²) in [7, 11) is 3.87. The maximum absolute atomic E-state index is 14.7. The van der Waals surface area contributed by atoms with E-state index in [4.69, 9.17) is 15.7 Å². The topological polar surface area (TPSA) is 233 Å². The number of carbonyl (C=O) groups excluding carboxylic acids is 6. The fourth-order valence-electron chi connectivity index (χ4n) is 7.17. The highest BCUT2D eigenvalue weighted by molar-refractivity contribution is 7.17. The molecule has 16 nitrogen and oxygen atoms in total. The van der Waals surface area contributed by atoms with Gasteiger partial charge in [-0.2, -0.15) is 18.4 Å². The second kappa shape index (κ2) is 25.4. The fourth-order valence-corrected chi connectivity index (χ4v) is 8.15. The van der Waals surface area contributed by atoms with Gasteiger partial charge in [-0.15, -0.1) is 11.3 Å². The number of benzene rings is 1. The molecule has 2 rings (SSSR count). The Kier molecular flexibility index (Phi) is 21.8. The summed E-state index contributed by atoms with van der Waals surface area (Å²) in [5.74, 6) is -6.87. The number of amides is 5. The summed E-state index contributed by atoms with van der Waals surface area (Å²) >= 11 is 1.36. The Labute approximate surface area is 383 Å².